The summed E-state index contributed by atoms with van der Waals surface area (Å²) in [6.45, 7) is 6.62. The van der Waals surface area contributed by atoms with Gasteiger partial charge in [0.05, 0.1) is 23.3 Å². The quantitative estimate of drug-likeness (QED) is 0.489. The second kappa shape index (κ2) is 8.88. The summed E-state index contributed by atoms with van der Waals surface area (Å²) in [4.78, 5) is 34.6. The molecule has 164 valence electrons. The van der Waals surface area contributed by atoms with Crippen LogP contribution in [-0.4, -0.2) is 30.2 Å². The van der Waals surface area contributed by atoms with Crippen molar-refractivity contribution >= 4 is 17.2 Å². The molecule has 0 atom stereocenters. The van der Waals surface area contributed by atoms with E-state index in [1.54, 1.807) is 26.5 Å². The van der Waals surface area contributed by atoms with Gasteiger partial charge in [0.2, 0.25) is 0 Å². The summed E-state index contributed by atoms with van der Waals surface area (Å²) in [6, 6.07) is 8.08. The number of benzene rings is 1. The minimum absolute atomic E-state index is 0.202. The van der Waals surface area contributed by atoms with Crippen molar-refractivity contribution in [1.29, 1.82) is 0 Å². The molecule has 4 aromatic rings. The summed E-state index contributed by atoms with van der Waals surface area (Å²) in [7, 11) is 1.62. The molecule has 0 bridgehead atoms. The van der Waals surface area contributed by atoms with Crippen LogP contribution >= 0.6 is 11.3 Å². The summed E-state index contributed by atoms with van der Waals surface area (Å²) in [5, 5.41) is 7.73. The third-order valence-electron chi connectivity index (χ3n) is 5.31. The van der Waals surface area contributed by atoms with Crippen LogP contribution in [-0.2, 0) is 20.1 Å². The largest absolute Gasteiger partial charge is 0.347 e. The normalized spacial score (nSPS) is 11.0. The van der Waals surface area contributed by atoms with Crippen LogP contribution in [0.5, 0.6) is 0 Å². The number of hydrogen-bond acceptors (Lipinski definition) is 6. The maximum Gasteiger partial charge on any atom is 0.277 e. The molecule has 9 heteroatoms. The number of nitrogens with one attached hydrogen (secondary N) is 1. The van der Waals surface area contributed by atoms with Crippen LogP contribution < -0.4 is 10.9 Å². The average molecular weight is 449 g/mol. The molecule has 3 aromatic heterocycles. The first-order valence-electron chi connectivity index (χ1n) is 10.2. The minimum atomic E-state index is -0.219. The summed E-state index contributed by atoms with van der Waals surface area (Å²) < 4.78 is 3.30. The van der Waals surface area contributed by atoms with Gasteiger partial charge in [-0.2, -0.15) is 5.10 Å². The van der Waals surface area contributed by atoms with Crippen LogP contribution in [0.2, 0.25) is 0 Å². The van der Waals surface area contributed by atoms with Crippen LogP contribution in [0.1, 0.15) is 37.7 Å². The molecule has 0 fully saturated rings. The lowest BCUT2D eigenvalue weighted by atomic mass is 10.1. The Morgan fingerprint density at radius 2 is 1.94 bits per heavy atom. The number of imidazole rings is 1. The summed E-state index contributed by atoms with van der Waals surface area (Å²) in [5.74, 6) is -0.202. The molecule has 3 heterocycles. The van der Waals surface area contributed by atoms with Crippen molar-refractivity contribution in [3.05, 3.63) is 86.3 Å². The molecule has 4 rings (SSSR count). The second-order valence-corrected chi connectivity index (χ2v) is 8.68. The van der Waals surface area contributed by atoms with Crippen LogP contribution in [0.3, 0.4) is 0 Å². The van der Waals surface area contributed by atoms with Crippen molar-refractivity contribution in [2.75, 3.05) is 0 Å². The Morgan fingerprint density at radius 3 is 2.69 bits per heavy atom. The van der Waals surface area contributed by atoms with Gasteiger partial charge in [0.25, 0.3) is 11.5 Å². The standard InChI is InChI=1S/C23H24N6O2S/c1-14-15(2)27-28(4)23(31)19(14)22-26-16(3)20(32-22)21(30)25-11-17-6-5-7-18(10-17)12-29-9-8-24-13-29/h5-10,13H,11-12H2,1-4H3,(H,25,30). The molecule has 8 nitrogen and oxygen atoms in total. The van der Waals surface area contributed by atoms with Crippen molar-refractivity contribution in [3.63, 3.8) is 0 Å². The van der Waals surface area contributed by atoms with Crippen molar-refractivity contribution in [2.45, 2.75) is 33.9 Å². The maximum atomic E-state index is 12.9. The fourth-order valence-corrected chi connectivity index (χ4v) is 4.58. The summed E-state index contributed by atoms with van der Waals surface area (Å²) in [6.07, 6.45) is 5.44. The van der Waals surface area contributed by atoms with E-state index >= 15 is 0 Å². The highest BCUT2D eigenvalue weighted by molar-refractivity contribution is 7.17. The molecule has 0 unspecified atom stereocenters. The highest BCUT2D eigenvalue weighted by Gasteiger charge is 2.21. The predicted octanol–water partition coefficient (Wildman–Crippen LogP) is 3.00. The fourth-order valence-electron chi connectivity index (χ4n) is 3.51. The number of carbonyl (C=O) groups excluding carboxylic acids is 1. The molecule has 1 amide bonds. The van der Waals surface area contributed by atoms with E-state index < -0.39 is 0 Å². The Kier molecular flexibility index (Phi) is 6.00. The van der Waals surface area contributed by atoms with Gasteiger partial charge >= 0.3 is 0 Å². The number of thiazole rings is 1. The number of aryl methyl sites for hydroxylation is 3. The van der Waals surface area contributed by atoms with E-state index in [1.165, 1.54) is 16.0 Å². The molecule has 0 radical (unpaired) electrons. The molecule has 1 N–H and O–H groups in total. The molecule has 0 aliphatic heterocycles. The number of nitrogens with zero attached hydrogens (tertiary/aromatic N) is 5. The Labute approximate surface area is 189 Å². The number of hydrogen-bond donors (Lipinski definition) is 1. The van der Waals surface area contributed by atoms with Crippen LogP contribution in [0.25, 0.3) is 10.6 Å². The first-order chi connectivity index (χ1) is 15.3. The second-order valence-electron chi connectivity index (χ2n) is 7.69. The van der Waals surface area contributed by atoms with Gasteiger partial charge in [-0.05, 0) is 37.5 Å². The Hall–Kier alpha value is -3.59. The van der Waals surface area contributed by atoms with Crippen LogP contribution in [0.15, 0.2) is 47.8 Å². The monoisotopic (exact) mass is 448 g/mol. The van der Waals surface area contributed by atoms with Crippen molar-refractivity contribution in [2.24, 2.45) is 7.05 Å². The third-order valence-corrected chi connectivity index (χ3v) is 6.48. The molecule has 32 heavy (non-hydrogen) atoms. The number of aromatic nitrogens is 5. The number of amides is 1. The van der Waals surface area contributed by atoms with Gasteiger partial charge in [0, 0.05) is 32.5 Å². The van der Waals surface area contributed by atoms with Crippen LogP contribution in [0, 0.1) is 20.8 Å². The zero-order valence-electron chi connectivity index (χ0n) is 18.4. The third kappa shape index (κ3) is 4.38. The lowest BCUT2D eigenvalue weighted by Crippen LogP contribution is -2.23. The van der Waals surface area contributed by atoms with Gasteiger partial charge in [-0.3, -0.25) is 9.59 Å². The van der Waals surface area contributed by atoms with E-state index in [0.29, 0.717) is 27.7 Å². The Bertz CT molecular complexity index is 1340. The van der Waals surface area contributed by atoms with Crippen molar-refractivity contribution in [1.82, 2.24) is 29.6 Å². The van der Waals surface area contributed by atoms with Gasteiger partial charge in [-0.1, -0.05) is 24.3 Å². The Balaban J connectivity index is 1.51. The van der Waals surface area contributed by atoms with Gasteiger partial charge < -0.3 is 9.88 Å². The summed E-state index contributed by atoms with van der Waals surface area (Å²) in [5.41, 5.74) is 4.56. The van der Waals surface area contributed by atoms with Gasteiger partial charge in [0.1, 0.15) is 9.88 Å². The number of rotatable bonds is 6. The average Bonchev–Trinajstić information content (AvgIpc) is 3.41. The Morgan fingerprint density at radius 1 is 1.16 bits per heavy atom. The van der Waals surface area contributed by atoms with Gasteiger partial charge in [-0.25, -0.2) is 14.6 Å². The van der Waals surface area contributed by atoms with Gasteiger partial charge in [-0.15, -0.1) is 11.3 Å². The van der Waals surface area contributed by atoms with Crippen molar-refractivity contribution in [3.8, 4) is 10.6 Å². The van der Waals surface area contributed by atoms with E-state index in [1.807, 2.05) is 42.8 Å². The topological polar surface area (TPSA) is 94.7 Å². The fraction of sp³-hybridized carbons (Fsp3) is 0.261. The molecule has 0 aliphatic carbocycles. The first-order valence-corrected chi connectivity index (χ1v) is 11.0. The highest BCUT2D eigenvalue weighted by Crippen LogP contribution is 2.28. The maximum absolute atomic E-state index is 12.9. The molecule has 0 spiro atoms. The van der Waals surface area contributed by atoms with Gasteiger partial charge in [0.15, 0.2) is 0 Å². The lowest BCUT2D eigenvalue weighted by molar-refractivity contribution is 0.0954. The molecule has 0 saturated carbocycles. The molecular formula is C23H24N6O2S. The minimum Gasteiger partial charge on any atom is -0.347 e. The first kappa shape index (κ1) is 21.6. The van der Waals surface area contributed by atoms with E-state index in [2.05, 4.69) is 26.4 Å². The van der Waals surface area contributed by atoms with E-state index in [9.17, 15) is 9.59 Å². The smallest absolute Gasteiger partial charge is 0.277 e. The highest BCUT2D eigenvalue weighted by atomic mass is 32.1. The van der Waals surface area contributed by atoms with E-state index in [-0.39, 0.29) is 11.5 Å². The summed E-state index contributed by atoms with van der Waals surface area (Å²) >= 11 is 1.23. The lowest BCUT2D eigenvalue weighted by Gasteiger charge is -2.08. The number of carbonyl (C=O) groups is 1. The zero-order valence-corrected chi connectivity index (χ0v) is 19.2. The molecular weight excluding hydrogens is 424 g/mol. The molecule has 1 aromatic carbocycles. The van der Waals surface area contributed by atoms with E-state index in [0.717, 1.165) is 28.9 Å². The predicted molar refractivity (Wildman–Crippen MR) is 124 cm³/mol. The van der Waals surface area contributed by atoms with Crippen molar-refractivity contribution < 1.29 is 4.79 Å². The zero-order chi connectivity index (χ0) is 22.8. The molecule has 0 aliphatic rings. The SMILES string of the molecule is Cc1nc(-c2c(C)c(C)nn(C)c2=O)sc1C(=O)NCc1cccc(Cn2ccnc2)c1. The van der Waals surface area contributed by atoms with E-state index in [4.69, 9.17) is 0 Å². The van der Waals surface area contributed by atoms with Crippen LogP contribution in [0.4, 0.5) is 0 Å². The molecule has 0 saturated heterocycles.